The Hall–Kier alpha value is -2.00. The number of anilines is 1. The maximum absolute atomic E-state index is 13.2. The van der Waals surface area contributed by atoms with Crippen LogP contribution >= 0.6 is 34.8 Å². The first-order valence-electron chi connectivity index (χ1n) is 11.1. The van der Waals surface area contributed by atoms with E-state index in [-0.39, 0.29) is 43.8 Å². The Kier molecular flexibility index (Phi) is 10.7. The molecule has 2 amide bonds. The minimum atomic E-state index is -3.58. The summed E-state index contributed by atoms with van der Waals surface area (Å²) in [6.07, 6.45) is 1.41. The molecule has 11 heteroatoms. The average Bonchev–Trinajstić information content (AvgIpc) is 2.76. The van der Waals surface area contributed by atoms with Crippen LogP contribution in [0.15, 0.2) is 42.5 Å². The van der Waals surface area contributed by atoms with Crippen LogP contribution in [0.5, 0.6) is 0 Å². The number of nitrogens with zero attached hydrogens (tertiary/aromatic N) is 2. The molecule has 0 aliphatic rings. The first-order valence-corrected chi connectivity index (χ1v) is 14.0. The Morgan fingerprint density at radius 1 is 0.971 bits per heavy atom. The van der Waals surface area contributed by atoms with Crippen LogP contribution in [-0.2, 0) is 26.2 Å². The summed E-state index contributed by atoms with van der Waals surface area (Å²) < 4.78 is 25.9. The van der Waals surface area contributed by atoms with Gasteiger partial charge in [0.25, 0.3) is 0 Å². The highest BCUT2D eigenvalue weighted by molar-refractivity contribution is 7.92. The van der Waals surface area contributed by atoms with E-state index in [4.69, 9.17) is 34.8 Å². The Bertz CT molecular complexity index is 1140. The molecule has 0 bridgehead atoms. The molecule has 1 atom stereocenters. The Morgan fingerprint density at radius 2 is 1.60 bits per heavy atom. The first-order chi connectivity index (χ1) is 16.3. The fourth-order valence-corrected chi connectivity index (χ4v) is 4.85. The summed E-state index contributed by atoms with van der Waals surface area (Å²) in [5.74, 6) is -0.570. The van der Waals surface area contributed by atoms with E-state index in [1.165, 1.54) is 9.21 Å². The molecule has 35 heavy (non-hydrogen) atoms. The van der Waals surface area contributed by atoms with Crippen LogP contribution in [0.25, 0.3) is 0 Å². The standard InChI is InChI=1S/C24H30Cl3N3O4S/c1-16(2)28-24(32)17(3)29(15-18-7-12-21(26)22(27)14-18)23(31)6-5-13-30(35(4,33)34)20-10-8-19(25)9-11-20/h7-12,14,16-17H,5-6,13,15H2,1-4H3,(H,28,32)/t17-/m1/s1. The third-order valence-electron chi connectivity index (χ3n) is 5.20. The lowest BCUT2D eigenvalue weighted by Crippen LogP contribution is -2.49. The third-order valence-corrected chi connectivity index (χ3v) is 7.39. The molecule has 2 aromatic rings. The van der Waals surface area contributed by atoms with Crippen molar-refractivity contribution in [3.8, 4) is 0 Å². The Labute approximate surface area is 222 Å². The zero-order valence-corrected chi connectivity index (χ0v) is 23.2. The summed E-state index contributed by atoms with van der Waals surface area (Å²) in [6.45, 7) is 5.58. The topological polar surface area (TPSA) is 86.8 Å². The summed E-state index contributed by atoms with van der Waals surface area (Å²) in [6, 6.07) is 10.6. The van der Waals surface area contributed by atoms with E-state index < -0.39 is 16.1 Å². The predicted molar refractivity (Wildman–Crippen MR) is 143 cm³/mol. The van der Waals surface area contributed by atoms with E-state index in [1.807, 2.05) is 13.8 Å². The third kappa shape index (κ3) is 8.86. The zero-order valence-electron chi connectivity index (χ0n) is 20.1. The van der Waals surface area contributed by atoms with Gasteiger partial charge in [-0.15, -0.1) is 0 Å². The number of amides is 2. The lowest BCUT2D eigenvalue weighted by Gasteiger charge is -2.30. The smallest absolute Gasteiger partial charge is 0.242 e. The second kappa shape index (κ2) is 12.8. The number of sulfonamides is 1. The molecule has 0 aromatic heterocycles. The maximum atomic E-state index is 13.2. The van der Waals surface area contributed by atoms with Gasteiger partial charge in [-0.3, -0.25) is 13.9 Å². The molecule has 7 nitrogen and oxygen atoms in total. The van der Waals surface area contributed by atoms with E-state index >= 15 is 0 Å². The van der Waals surface area contributed by atoms with Crippen molar-refractivity contribution in [1.82, 2.24) is 10.2 Å². The Balaban J connectivity index is 2.18. The Morgan fingerprint density at radius 3 is 2.14 bits per heavy atom. The van der Waals surface area contributed by atoms with Gasteiger partial charge >= 0.3 is 0 Å². The molecule has 0 saturated carbocycles. The maximum Gasteiger partial charge on any atom is 0.242 e. The second-order valence-electron chi connectivity index (χ2n) is 8.52. The van der Waals surface area contributed by atoms with E-state index in [2.05, 4.69) is 5.32 Å². The SMILES string of the molecule is CC(C)NC(=O)[C@@H](C)N(Cc1ccc(Cl)c(Cl)c1)C(=O)CCCN(c1ccc(Cl)cc1)S(C)(=O)=O. The van der Waals surface area contributed by atoms with Crippen LogP contribution in [0.1, 0.15) is 39.2 Å². The highest BCUT2D eigenvalue weighted by Crippen LogP contribution is 2.25. The van der Waals surface area contributed by atoms with Crippen molar-refractivity contribution >= 4 is 62.3 Å². The van der Waals surface area contributed by atoms with Crippen LogP contribution in [0.3, 0.4) is 0 Å². The molecule has 0 unspecified atom stereocenters. The number of halogens is 3. The van der Waals surface area contributed by atoms with Crippen molar-refractivity contribution < 1.29 is 18.0 Å². The number of rotatable bonds is 11. The first kappa shape index (κ1) is 29.2. The summed E-state index contributed by atoms with van der Waals surface area (Å²) >= 11 is 18.1. The van der Waals surface area contributed by atoms with E-state index in [1.54, 1.807) is 49.4 Å². The molecule has 192 valence electrons. The molecule has 0 saturated heterocycles. The van der Waals surface area contributed by atoms with Gasteiger partial charge in [0.2, 0.25) is 21.8 Å². The molecular formula is C24H30Cl3N3O4S. The van der Waals surface area contributed by atoms with Crippen molar-refractivity contribution in [3.05, 3.63) is 63.1 Å². The summed E-state index contributed by atoms with van der Waals surface area (Å²) in [5, 5.41) is 4.06. The molecule has 0 aliphatic heterocycles. The van der Waals surface area contributed by atoms with Gasteiger partial charge in [-0.1, -0.05) is 40.9 Å². The van der Waals surface area contributed by atoms with Gasteiger partial charge in [0, 0.05) is 30.6 Å². The summed E-state index contributed by atoms with van der Waals surface area (Å²) in [4.78, 5) is 27.4. The number of hydrogen-bond donors (Lipinski definition) is 1. The van der Waals surface area contributed by atoms with Crippen molar-refractivity contribution in [2.75, 3.05) is 17.1 Å². The molecule has 1 N–H and O–H groups in total. The van der Waals surface area contributed by atoms with Gasteiger partial charge in [0.05, 0.1) is 22.0 Å². The number of benzene rings is 2. The van der Waals surface area contributed by atoms with Crippen LogP contribution in [-0.4, -0.2) is 50.0 Å². The molecular weight excluding hydrogens is 533 g/mol. The van der Waals surface area contributed by atoms with Crippen molar-refractivity contribution in [3.63, 3.8) is 0 Å². The highest BCUT2D eigenvalue weighted by Gasteiger charge is 2.27. The number of carbonyl (C=O) groups excluding carboxylic acids is 2. The van der Waals surface area contributed by atoms with E-state index in [0.29, 0.717) is 20.8 Å². The minimum Gasteiger partial charge on any atom is -0.352 e. The van der Waals surface area contributed by atoms with Crippen LogP contribution in [0.2, 0.25) is 15.1 Å². The molecule has 2 rings (SSSR count). The minimum absolute atomic E-state index is 0.0419. The average molecular weight is 563 g/mol. The van der Waals surface area contributed by atoms with E-state index in [9.17, 15) is 18.0 Å². The lowest BCUT2D eigenvalue weighted by molar-refractivity contribution is -0.140. The van der Waals surface area contributed by atoms with Gasteiger partial charge < -0.3 is 10.2 Å². The van der Waals surface area contributed by atoms with Crippen LogP contribution in [0.4, 0.5) is 5.69 Å². The second-order valence-corrected chi connectivity index (χ2v) is 11.7. The summed E-state index contributed by atoms with van der Waals surface area (Å²) in [5.41, 5.74) is 1.18. The fraction of sp³-hybridized carbons (Fsp3) is 0.417. The molecule has 2 aromatic carbocycles. The molecule has 0 spiro atoms. The number of hydrogen-bond acceptors (Lipinski definition) is 4. The van der Waals surface area contributed by atoms with Crippen molar-refractivity contribution in [1.29, 1.82) is 0 Å². The lowest BCUT2D eigenvalue weighted by atomic mass is 10.1. The predicted octanol–water partition coefficient (Wildman–Crippen LogP) is 5.13. The van der Waals surface area contributed by atoms with Crippen LogP contribution < -0.4 is 9.62 Å². The van der Waals surface area contributed by atoms with Gasteiger partial charge in [0.15, 0.2) is 0 Å². The fourth-order valence-electron chi connectivity index (χ4n) is 3.43. The molecule has 0 heterocycles. The molecule has 0 radical (unpaired) electrons. The number of carbonyl (C=O) groups is 2. The highest BCUT2D eigenvalue weighted by atomic mass is 35.5. The zero-order chi connectivity index (χ0) is 26.3. The van der Waals surface area contributed by atoms with Gasteiger partial charge in [-0.2, -0.15) is 0 Å². The monoisotopic (exact) mass is 561 g/mol. The van der Waals surface area contributed by atoms with Crippen molar-refractivity contribution in [2.45, 2.75) is 52.2 Å². The van der Waals surface area contributed by atoms with Gasteiger partial charge in [0.1, 0.15) is 6.04 Å². The molecule has 0 aliphatic carbocycles. The van der Waals surface area contributed by atoms with Crippen molar-refractivity contribution in [2.24, 2.45) is 0 Å². The quantitative estimate of drug-likeness (QED) is 0.411. The molecule has 0 fully saturated rings. The van der Waals surface area contributed by atoms with Gasteiger partial charge in [-0.05, 0) is 69.2 Å². The number of nitrogens with one attached hydrogen (secondary N) is 1. The van der Waals surface area contributed by atoms with Crippen LogP contribution in [0, 0.1) is 0 Å². The largest absolute Gasteiger partial charge is 0.352 e. The van der Waals surface area contributed by atoms with E-state index in [0.717, 1.165) is 11.8 Å². The summed E-state index contributed by atoms with van der Waals surface area (Å²) in [7, 11) is -3.58. The van der Waals surface area contributed by atoms with Gasteiger partial charge in [-0.25, -0.2) is 8.42 Å². The normalized spacial score (nSPS) is 12.3.